The predicted molar refractivity (Wildman–Crippen MR) is 95.7 cm³/mol. The van der Waals surface area contributed by atoms with Gasteiger partial charge in [0.2, 0.25) is 15.9 Å². The van der Waals surface area contributed by atoms with Crippen LogP contribution < -0.4 is 5.32 Å². The minimum absolute atomic E-state index is 0.0728. The number of anilines is 1. The number of carbonyl (C=O) groups excluding carboxylic acids is 1. The highest BCUT2D eigenvalue weighted by Crippen LogP contribution is 2.27. The SMILES string of the molecule is O=C(Nc1ccc(F)c(F)c1)C1CCN(S(=O)(=O)c2cccnc2Cl)CC1. The van der Waals surface area contributed by atoms with Crippen LogP contribution in [0, 0.1) is 17.6 Å². The van der Waals surface area contributed by atoms with Crippen LogP contribution in [0.1, 0.15) is 12.8 Å². The number of piperidine rings is 1. The van der Waals surface area contributed by atoms with Crippen molar-refractivity contribution in [3.05, 3.63) is 53.3 Å². The molecule has 0 radical (unpaired) electrons. The Labute approximate surface area is 160 Å². The van der Waals surface area contributed by atoms with Crippen molar-refractivity contribution in [2.45, 2.75) is 17.7 Å². The van der Waals surface area contributed by atoms with E-state index in [1.807, 2.05) is 0 Å². The van der Waals surface area contributed by atoms with Crippen molar-refractivity contribution < 1.29 is 22.0 Å². The van der Waals surface area contributed by atoms with Gasteiger partial charge in [-0.2, -0.15) is 4.31 Å². The van der Waals surface area contributed by atoms with Gasteiger partial charge in [0, 0.05) is 37.0 Å². The summed E-state index contributed by atoms with van der Waals surface area (Å²) in [4.78, 5) is 16.0. The zero-order valence-corrected chi connectivity index (χ0v) is 15.6. The van der Waals surface area contributed by atoms with Crippen LogP contribution in [0.3, 0.4) is 0 Å². The van der Waals surface area contributed by atoms with Crippen molar-refractivity contribution >= 4 is 33.2 Å². The van der Waals surface area contributed by atoms with E-state index in [-0.39, 0.29) is 34.7 Å². The third-order valence-corrected chi connectivity index (χ3v) is 6.70. The van der Waals surface area contributed by atoms with Gasteiger partial charge in [0.25, 0.3) is 0 Å². The fourth-order valence-corrected chi connectivity index (χ4v) is 4.78. The number of sulfonamides is 1. The normalized spacial score (nSPS) is 16.3. The molecule has 1 aromatic heterocycles. The van der Waals surface area contributed by atoms with Gasteiger partial charge in [0.1, 0.15) is 10.0 Å². The van der Waals surface area contributed by atoms with Crippen LogP contribution >= 0.6 is 11.6 Å². The van der Waals surface area contributed by atoms with Crippen LogP contribution in [0.5, 0.6) is 0 Å². The minimum Gasteiger partial charge on any atom is -0.326 e. The lowest BCUT2D eigenvalue weighted by Crippen LogP contribution is -2.41. The maximum atomic E-state index is 13.2. The Morgan fingerprint density at radius 3 is 2.52 bits per heavy atom. The summed E-state index contributed by atoms with van der Waals surface area (Å²) in [5, 5.41) is 2.43. The lowest BCUT2D eigenvalue weighted by atomic mass is 9.97. The summed E-state index contributed by atoms with van der Waals surface area (Å²) in [5.41, 5.74) is 0.149. The molecule has 1 aliphatic rings. The standard InChI is InChI=1S/C17H16ClF2N3O3S/c18-16-15(2-1-7-21-16)27(25,26)23-8-5-11(6-9-23)17(24)22-12-3-4-13(19)14(20)10-12/h1-4,7,10-11H,5-6,8-9H2,(H,22,24). The first-order valence-electron chi connectivity index (χ1n) is 8.15. The van der Waals surface area contributed by atoms with E-state index < -0.39 is 27.6 Å². The lowest BCUT2D eigenvalue weighted by molar-refractivity contribution is -0.120. The molecule has 6 nitrogen and oxygen atoms in total. The van der Waals surface area contributed by atoms with E-state index in [1.165, 1.54) is 28.7 Å². The average Bonchev–Trinajstić information content (AvgIpc) is 2.65. The van der Waals surface area contributed by atoms with Crippen molar-refractivity contribution in [1.29, 1.82) is 0 Å². The van der Waals surface area contributed by atoms with Gasteiger partial charge in [-0.3, -0.25) is 4.79 Å². The van der Waals surface area contributed by atoms with Gasteiger partial charge >= 0.3 is 0 Å². The second-order valence-electron chi connectivity index (χ2n) is 6.09. The highest BCUT2D eigenvalue weighted by molar-refractivity contribution is 7.89. The average molecular weight is 416 g/mol. The molecule has 1 amide bonds. The molecule has 3 rings (SSSR count). The molecule has 10 heteroatoms. The van der Waals surface area contributed by atoms with Crippen LogP contribution in [-0.2, 0) is 14.8 Å². The molecule has 27 heavy (non-hydrogen) atoms. The van der Waals surface area contributed by atoms with Gasteiger partial charge in [-0.1, -0.05) is 11.6 Å². The Balaban J connectivity index is 1.63. The Morgan fingerprint density at radius 1 is 1.19 bits per heavy atom. The maximum Gasteiger partial charge on any atom is 0.246 e. The van der Waals surface area contributed by atoms with Gasteiger partial charge < -0.3 is 5.32 Å². The number of aromatic nitrogens is 1. The van der Waals surface area contributed by atoms with Crippen LogP contribution in [-0.4, -0.2) is 36.7 Å². The van der Waals surface area contributed by atoms with Crippen LogP contribution in [0.2, 0.25) is 5.15 Å². The van der Waals surface area contributed by atoms with Crippen molar-refractivity contribution in [2.24, 2.45) is 5.92 Å². The smallest absolute Gasteiger partial charge is 0.246 e. The third-order valence-electron chi connectivity index (χ3n) is 4.35. The van der Waals surface area contributed by atoms with E-state index in [0.717, 1.165) is 12.1 Å². The fourth-order valence-electron chi connectivity index (χ4n) is 2.88. The van der Waals surface area contributed by atoms with E-state index in [2.05, 4.69) is 10.3 Å². The molecule has 1 aromatic carbocycles. The molecule has 1 saturated heterocycles. The highest BCUT2D eigenvalue weighted by atomic mass is 35.5. The van der Waals surface area contributed by atoms with E-state index in [4.69, 9.17) is 11.6 Å². The second-order valence-corrected chi connectivity index (χ2v) is 8.35. The number of benzene rings is 1. The Bertz CT molecular complexity index is 964. The summed E-state index contributed by atoms with van der Waals surface area (Å²) < 4.78 is 52.8. The number of hydrogen-bond donors (Lipinski definition) is 1. The molecule has 1 N–H and O–H groups in total. The second kappa shape index (κ2) is 7.87. The molecule has 1 fully saturated rings. The van der Waals surface area contributed by atoms with Crippen molar-refractivity contribution in [3.8, 4) is 0 Å². The van der Waals surface area contributed by atoms with Gasteiger partial charge in [-0.25, -0.2) is 22.2 Å². The first kappa shape index (κ1) is 19.7. The summed E-state index contributed by atoms with van der Waals surface area (Å²) in [5.74, 6) is -2.85. The highest BCUT2D eigenvalue weighted by Gasteiger charge is 2.33. The number of halogens is 3. The molecule has 0 aliphatic carbocycles. The number of amides is 1. The topological polar surface area (TPSA) is 79.4 Å². The Kier molecular flexibility index (Phi) is 5.73. The van der Waals surface area contributed by atoms with Crippen molar-refractivity contribution in [1.82, 2.24) is 9.29 Å². The first-order valence-corrected chi connectivity index (χ1v) is 9.97. The van der Waals surface area contributed by atoms with Gasteiger partial charge in [0.15, 0.2) is 11.6 Å². The summed E-state index contributed by atoms with van der Waals surface area (Å²) in [6.07, 6.45) is 2.00. The summed E-state index contributed by atoms with van der Waals surface area (Å²) in [6, 6.07) is 5.96. The maximum absolute atomic E-state index is 13.2. The molecule has 0 spiro atoms. The molecule has 0 saturated carbocycles. The summed E-state index contributed by atoms with van der Waals surface area (Å²) >= 11 is 5.88. The molecular weight excluding hydrogens is 400 g/mol. The van der Waals surface area contributed by atoms with Crippen molar-refractivity contribution in [2.75, 3.05) is 18.4 Å². The van der Waals surface area contributed by atoms with Crippen LogP contribution in [0.15, 0.2) is 41.4 Å². The molecule has 2 heterocycles. The number of carbonyl (C=O) groups is 1. The van der Waals surface area contributed by atoms with Gasteiger partial charge in [-0.15, -0.1) is 0 Å². The minimum atomic E-state index is -3.80. The van der Waals surface area contributed by atoms with Gasteiger partial charge in [-0.05, 0) is 37.1 Å². The molecule has 144 valence electrons. The predicted octanol–water partition coefficient (Wildman–Crippen LogP) is 3.05. The lowest BCUT2D eigenvalue weighted by Gasteiger charge is -2.30. The molecular formula is C17H16ClF2N3O3S. The fraction of sp³-hybridized carbons (Fsp3) is 0.294. The molecule has 1 aliphatic heterocycles. The Hall–Kier alpha value is -2.10. The van der Waals surface area contributed by atoms with Crippen LogP contribution in [0.4, 0.5) is 14.5 Å². The third kappa shape index (κ3) is 4.26. The summed E-state index contributed by atoms with van der Waals surface area (Å²) in [6.45, 7) is 0.285. The molecule has 2 aromatic rings. The molecule has 0 unspecified atom stereocenters. The molecule has 0 atom stereocenters. The van der Waals surface area contributed by atoms with E-state index in [0.29, 0.717) is 12.8 Å². The first-order chi connectivity index (χ1) is 12.8. The number of hydrogen-bond acceptors (Lipinski definition) is 4. The quantitative estimate of drug-likeness (QED) is 0.778. The van der Waals surface area contributed by atoms with E-state index in [9.17, 15) is 22.0 Å². The Morgan fingerprint density at radius 2 is 1.89 bits per heavy atom. The summed E-state index contributed by atoms with van der Waals surface area (Å²) in [7, 11) is -3.80. The van der Waals surface area contributed by atoms with E-state index in [1.54, 1.807) is 0 Å². The monoisotopic (exact) mass is 415 g/mol. The van der Waals surface area contributed by atoms with Crippen LogP contribution in [0.25, 0.3) is 0 Å². The van der Waals surface area contributed by atoms with Crippen molar-refractivity contribution in [3.63, 3.8) is 0 Å². The zero-order valence-electron chi connectivity index (χ0n) is 14.0. The largest absolute Gasteiger partial charge is 0.326 e. The zero-order chi connectivity index (χ0) is 19.6. The van der Waals surface area contributed by atoms with E-state index >= 15 is 0 Å². The molecule has 0 bridgehead atoms. The number of rotatable bonds is 4. The van der Waals surface area contributed by atoms with Gasteiger partial charge in [0.05, 0.1) is 0 Å². The number of pyridine rings is 1. The number of nitrogens with one attached hydrogen (secondary N) is 1. The number of nitrogens with zero attached hydrogens (tertiary/aromatic N) is 2.